The van der Waals surface area contributed by atoms with E-state index in [9.17, 15) is 22.8 Å². The molecular weight excluding hydrogens is 589 g/mol. The highest BCUT2D eigenvalue weighted by Gasteiger charge is 2.37. The van der Waals surface area contributed by atoms with Gasteiger partial charge in [0.25, 0.3) is 0 Å². The summed E-state index contributed by atoms with van der Waals surface area (Å²) in [5.74, 6) is -2.49. The van der Waals surface area contributed by atoms with Crippen molar-refractivity contribution in [2.45, 2.75) is 45.4 Å². The zero-order valence-electron chi connectivity index (χ0n) is 24.2. The lowest BCUT2D eigenvalue weighted by Gasteiger charge is -2.31. The van der Waals surface area contributed by atoms with Gasteiger partial charge in [0.2, 0.25) is 0 Å². The molecule has 0 unspecified atom stereocenters. The van der Waals surface area contributed by atoms with Crippen molar-refractivity contribution in [3.63, 3.8) is 0 Å². The van der Waals surface area contributed by atoms with Gasteiger partial charge >= 0.3 is 28.4 Å². The predicted octanol–water partition coefficient (Wildman–Crippen LogP) is 3.37. The third-order valence-electron chi connectivity index (χ3n) is 5.70. The molecule has 0 fully saturated rings. The minimum atomic E-state index is -4.99. The Balaban J connectivity index is 2.08. The molecule has 2 N–H and O–H groups in total. The van der Waals surface area contributed by atoms with E-state index in [1.165, 1.54) is 12.1 Å². The molecule has 0 saturated heterocycles. The van der Waals surface area contributed by atoms with Crippen molar-refractivity contribution in [2.75, 3.05) is 31.2 Å². The molecule has 0 spiro atoms. The number of amides is 2. The molecule has 0 aromatic heterocycles. The summed E-state index contributed by atoms with van der Waals surface area (Å²) < 4.78 is 71.4. The molecule has 1 aliphatic heterocycles. The van der Waals surface area contributed by atoms with Gasteiger partial charge in [0.15, 0.2) is 11.6 Å². The molecule has 2 amide bonds. The number of anilines is 1. The first-order valence-electron chi connectivity index (χ1n) is 13.0. The molecule has 0 bridgehead atoms. The van der Waals surface area contributed by atoms with E-state index in [2.05, 4.69) is 16.6 Å². The molecule has 2 aromatic carbocycles. The molecule has 0 saturated carbocycles. The average Bonchev–Trinajstić information content (AvgIpc) is 2.93. The Morgan fingerprint density at radius 2 is 1.88 bits per heavy atom. The number of methoxy groups -OCH3 is 1. The largest absolute Gasteiger partial charge is 0.491 e. The van der Waals surface area contributed by atoms with Crippen LogP contribution in [0.5, 0.6) is 11.5 Å². The molecule has 2 aromatic rings. The molecular formula is C28H34FN3O10S. The Hall–Kier alpha value is -4.53. The minimum absolute atomic E-state index is 0.0281. The summed E-state index contributed by atoms with van der Waals surface area (Å²) in [7, 11) is -3.98. The summed E-state index contributed by atoms with van der Waals surface area (Å²) in [6, 6.07) is 9.27. The topological polar surface area (TPSA) is 159 Å². The molecule has 0 radical (unpaired) electrons. The van der Waals surface area contributed by atoms with E-state index in [0.717, 1.165) is 7.11 Å². The number of nitrogens with one attached hydrogen (secondary N) is 2. The lowest BCUT2D eigenvalue weighted by molar-refractivity contribution is -0.138. The van der Waals surface area contributed by atoms with E-state index in [4.69, 9.17) is 18.9 Å². The van der Waals surface area contributed by atoms with Crippen LogP contribution in [0.15, 0.2) is 49.1 Å². The molecule has 1 heterocycles. The number of hydrogen-bond acceptors (Lipinski definition) is 10. The number of benzene rings is 2. The maximum atomic E-state index is 16.5. The Kier molecular flexibility index (Phi) is 10.8. The van der Waals surface area contributed by atoms with Gasteiger partial charge in [0.05, 0.1) is 13.2 Å². The zero-order valence-corrected chi connectivity index (χ0v) is 25.0. The lowest BCUT2D eigenvalue weighted by atomic mass is 10.0. The van der Waals surface area contributed by atoms with Gasteiger partial charge in [-0.2, -0.15) is 8.42 Å². The smallest absolute Gasteiger partial charge is 0.422 e. The fourth-order valence-electron chi connectivity index (χ4n) is 3.88. The first kappa shape index (κ1) is 33.0. The van der Waals surface area contributed by atoms with Gasteiger partial charge < -0.3 is 29.0 Å². The number of halogens is 1. The molecule has 15 heteroatoms. The maximum Gasteiger partial charge on any atom is 0.422 e. The number of esters is 1. The van der Waals surface area contributed by atoms with Crippen molar-refractivity contribution in [1.29, 1.82) is 0 Å². The summed E-state index contributed by atoms with van der Waals surface area (Å²) in [6.07, 6.45) is -1.08. The number of alkyl carbamates (subject to hydrolysis) is 1. The lowest BCUT2D eigenvalue weighted by Crippen LogP contribution is -2.47. The third kappa shape index (κ3) is 9.23. The first-order chi connectivity index (χ1) is 20.2. The van der Waals surface area contributed by atoms with Crippen molar-refractivity contribution in [2.24, 2.45) is 0 Å². The number of ether oxygens (including phenoxy) is 5. The van der Waals surface area contributed by atoms with E-state index < -0.39 is 58.1 Å². The second-order valence-corrected chi connectivity index (χ2v) is 11.8. The molecule has 3 rings (SSSR count). The molecule has 43 heavy (non-hydrogen) atoms. The number of rotatable bonds is 11. The van der Waals surface area contributed by atoms with Crippen LogP contribution in [-0.4, -0.2) is 65.1 Å². The van der Waals surface area contributed by atoms with Crippen LogP contribution in [0.4, 0.5) is 19.7 Å². The van der Waals surface area contributed by atoms with E-state index in [1.54, 1.807) is 55.8 Å². The summed E-state index contributed by atoms with van der Waals surface area (Å²) in [6.45, 7) is 6.89. The normalized spacial score (nSPS) is 14.3. The van der Waals surface area contributed by atoms with Crippen LogP contribution in [0, 0.1) is 5.82 Å². The Morgan fingerprint density at radius 1 is 1.19 bits per heavy atom. The van der Waals surface area contributed by atoms with Crippen LogP contribution in [0.1, 0.15) is 31.9 Å². The van der Waals surface area contributed by atoms with Gasteiger partial charge in [-0.1, -0.05) is 43.0 Å². The second kappa shape index (κ2) is 14.1. The van der Waals surface area contributed by atoms with Gasteiger partial charge in [-0.15, -0.1) is 0 Å². The minimum Gasteiger partial charge on any atom is -0.491 e. The first-order valence-corrected chi connectivity index (χ1v) is 14.5. The summed E-state index contributed by atoms with van der Waals surface area (Å²) in [5, 5.41) is 2.60. The second-order valence-electron chi connectivity index (χ2n) is 10.2. The van der Waals surface area contributed by atoms with Crippen LogP contribution in [0.25, 0.3) is 0 Å². The van der Waals surface area contributed by atoms with Crippen molar-refractivity contribution >= 4 is 34.1 Å². The van der Waals surface area contributed by atoms with Crippen LogP contribution in [-0.2, 0) is 42.2 Å². The molecule has 234 valence electrons. The summed E-state index contributed by atoms with van der Waals surface area (Å²) >= 11 is 0. The highest BCUT2D eigenvalue weighted by molar-refractivity contribution is 7.91. The van der Waals surface area contributed by atoms with Gasteiger partial charge in [0.1, 0.15) is 43.4 Å². The van der Waals surface area contributed by atoms with Crippen molar-refractivity contribution in [3.8, 4) is 11.5 Å². The summed E-state index contributed by atoms with van der Waals surface area (Å²) in [4.78, 5) is 36.8. The quantitative estimate of drug-likeness (QED) is 0.216. The average molecular weight is 624 g/mol. The van der Waals surface area contributed by atoms with Gasteiger partial charge in [-0.05, 0) is 26.3 Å². The van der Waals surface area contributed by atoms with E-state index >= 15 is 4.39 Å². The number of fused-ring (bicyclic) bond motifs is 1. The van der Waals surface area contributed by atoms with Crippen LogP contribution in [0.3, 0.4) is 0 Å². The van der Waals surface area contributed by atoms with Crippen molar-refractivity contribution < 1.29 is 50.9 Å². The van der Waals surface area contributed by atoms with E-state index in [1.807, 2.05) is 0 Å². The van der Waals surface area contributed by atoms with Crippen molar-refractivity contribution in [3.05, 3.63) is 66.0 Å². The van der Waals surface area contributed by atoms with E-state index in [-0.39, 0.29) is 43.3 Å². The molecule has 1 atom stereocenters. The number of carbonyl (C=O) groups excluding carboxylic acids is 3. The highest BCUT2D eigenvalue weighted by atomic mass is 32.2. The van der Waals surface area contributed by atoms with Crippen LogP contribution >= 0.6 is 0 Å². The van der Waals surface area contributed by atoms with Gasteiger partial charge in [0, 0.05) is 18.1 Å². The Bertz CT molecular complexity index is 1440. The maximum absolute atomic E-state index is 16.5. The fraction of sp³-hybridized carbons (Fsp3) is 0.393. The van der Waals surface area contributed by atoms with Crippen molar-refractivity contribution in [1.82, 2.24) is 10.0 Å². The Labute approximate surface area is 249 Å². The van der Waals surface area contributed by atoms with E-state index in [0.29, 0.717) is 9.87 Å². The standard InChI is InChI=1S/C28H34FN3O10S/c1-6-12-39-27(35)31-43(36,37)32(15-23(33)38-5)25-22(40-16-18-10-8-7-9-11-18)14-21-20(24(25)29)13-19(17-41-21)30-26(34)42-28(2,3)4/h6-11,14,19H,1,12-13,15-17H2,2-5H3,(H,30,34)(H,31,35)/t19-/m0/s1. The van der Waals surface area contributed by atoms with Gasteiger partial charge in [-0.3, -0.25) is 4.79 Å². The fourth-order valence-corrected chi connectivity index (χ4v) is 4.95. The Morgan fingerprint density at radius 3 is 2.51 bits per heavy atom. The highest BCUT2D eigenvalue weighted by Crippen LogP contribution is 2.42. The number of carbonyl (C=O) groups is 3. The molecule has 1 aliphatic rings. The van der Waals surface area contributed by atoms with Gasteiger partial charge in [-0.25, -0.2) is 23.0 Å². The predicted molar refractivity (Wildman–Crippen MR) is 152 cm³/mol. The SMILES string of the molecule is C=CCOC(=O)NS(=O)(=O)N(CC(=O)OC)c1c(OCc2ccccc2)cc2c(c1F)C[C@H](NC(=O)OC(C)(C)C)CO2. The summed E-state index contributed by atoms with van der Waals surface area (Å²) in [5.41, 5.74) is -0.939. The zero-order chi connectivity index (χ0) is 31.8. The third-order valence-corrected chi connectivity index (χ3v) is 7.02. The molecule has 13 nitrogen and oxygen atoms in total. The number of hydrogen-bond donors (Lipinski definition) is 2. The molecule has 0 aliphatic carbocycles. The monoisotopic (exact) mass is 623 g/mol. The van der Waals surface area contributed by atoms with Crippen LogP contribution in [0.2, 0.25) is 0 Å². The number of nitrogens with zero attached hydrogens (tertiary/aromatic N) is 1. The van der Waals surface area contributed by atoms with Crippen LogP contribution < -0.4 is 23.8 Å².